The SMILES string of the molecule is Cc1cc(CNc2ccnc3cc(Br)cnc23)no1. The second kappa shape index (κ2) is 4.97. The van der Waals surface area contributed by atoms with Gasteiger partial charge in [0.25, 0.3) is 0 Å². The standard InChI is InChI=1S/C13H11BrN4O/c1-8-4-10(18-19-8)7-16-11-2-3-15-12-5-9(14)6-17-13(11)12/h2-6H,7H2,1H3,(H,15,16). The highest BCUT2D eigenvalue weighted by molar-refractivity contribution is 9.10. The number of fused-ring (bicyclic) bond motifs is 1. The fourth-order valence-electron chi connectivity index (χ4n) is 1.84. The number of pyridine rings is 2. The molecule has 0 spiro atoms. The minimum Gasteiger partial charge on any atom is -0.377 e. The topological polar surface area (TPSA) is 63.8 Å². The van der Waals surface area contributed by atoms with E-state index in [4.69, 9.17) is 4.52 Å². The molecular weight excluding hydrogens is 308 g/mol. The molecule has 0 aliphatic rings. The van der Waals surface area contributed by atoms with E-state index in [0.29, 0.717) is 6.54 Å². The Hall–Kier alpha value is -1.95. The van der Waals surface area contributed by atoms with Crippen LogP contribution in [0.25, 0.3) is 11.0 Å². The zero-order chi connectivity index (χ0) is 13.2. The Balaban J connectivity index is 1.88. The highest BCUT2D eigenvalue weighted by Crippen LogP contribution is 2.22. The van der Waals surface area contributed by atoms with Gasteiger partial charge in [-0.05, 0) is 35.0 Å². The Labute approximate surface area is 118 Å². The van der Waals surface area contributed by atoms with E-state index in [1.165, 1.54) is 0 Å². The number of halogens is 1. The highest BCUT2D eigenvalue weighted by Gasteiger charge is 2.05. The fraction of sp³-hybridized carbons (Fsp3) is 0.154. The van der Waals surface area contributed by atoms with Crippen LogP contribution in [0.15, 0.2) is 39.6 Å². The number of rotatable bonds is 3. The van der Waals surface area contributed by atoms with Crippen LogP contribution < -0.4 is 5.32 Å². The molecule has 6 heteroatoms. The number of nitrogens with zero attached hydrogens (tertiary/aromatic N) is 3. The summed E-state index contributed by atoms with van der Waals surface area (Å²) in [6.07, 6.45) is 3.52. The molecule has 5 nitrogen and oxygen atoms in total. The summed E-state index contributed by atoms with van der Waals surface area (Å²) in [6.45, 7) is 2.46. The lowest BCUT2D eigenvalue weighted by Gasteiger charge is -2.07. The van der Waals surface area contributed by atoms with Gasteiger partial charge in [-0.15, -0.1) is 0 Å². The Bertz CT molecular complexity index is 725. The summed E-state index contributed by atoms with van der Waals surface area (Å²) >= 11 is 3.39. The molecule has 96 valence electrons. The number of aromatic nitrogens is 3. The summed E-state index contributed by atoms with van der Waals surface area (Å²) in [5, 5.41) is 7.24. The number of hydrogen-bond acceptors (Lipinski definition) is 5. The molecule has 3 heterocycles. The average Bonchev–Trinajstić information content (AvgIpc) is 2.81. The molecule has 0 aromatic carbocycles. The second-order valence-corrected chi connectivity index (χ2v) is 5.08. The van der Waals surface area contributed by atoms with Crippen LogP contribution in [-0.2, 0) is 6.54 Å². The molecular formula is C13H11BrN4O. The van der Waals surface area contributed by atoms with Crippen LogP contribution in [0.2, 0.25) is 0 Å². The van der Waals surface area contributed by atoms with Gasteiger partial charge in [0.2, 0.25) is 0 Å². The molecule has 0 unspecified atom stereocenters. The van der Waals surface area contributed by atoms with Crippen LogP contribution in [0.4, 0.5) is 5.69 Å². The summed E-state index contributed by atoms with van der Waals surface area (Å²) in [4.78, 5) is 8.68. The minimum atomic E-state index is 0.591. The third-order valence-electron chi connectivity index (χ3n) is 2.68. The number of nitrogens with one attached hydrogen (secondary N) is 1. The van der Waals surface area contributed by atoms with Crippen molar-refractivity contribution in [3.05, 3.63) is 46.5 Å². The highest BCUT2D eigenvalue weighted by atomic mass is 79.9. The van der Waals surface area contributed by atoms with Gasteiger partial charge in [-0.1, -0.05) is 5.16 Å². The summed E-state index contributed by atoms with van der Waals surface area (Å²) in [7, 11) is 0. The normalized spacial score (nSPS) is 10.8. The molecule has 0 aliphatic heterocycles. The van der Waals surface area contributed by atoms with Gasteiger partial charge in [0.05, 0.1) is 17.7 Å². The van der Waals surface area contributed by atoms with E-state index in [2.05, 4.69) is 36.4 Å². The van der Waals surface area contributed by atoms with Gasteiger partial charge in [-0.2, -0.15) is 0 Å². The number of aryl methyl sites for hydroxylation is 1. The first kappa shape index (κ1) is 12.1. The molecule has 0 saturated carbocycles. The lowest BCUT2D eigenvalue weighted by Crippen LogP contribution is -2.01. The van der Waals surface area contributed by atoms with Crippen LogP contribution in [0.3, 0.4) is 0 Å². The molecule has 0 amide bonds. The zero-order valence-corrected chi connectivity index (χ0v) is 11.8. The molecule has 0 fully saturated rings. The monoisotopic (exact) mass is 318 g/mol. The second-order valence-electron chi connectivity index (χ2n) is 4.16. The van der Waals surface area contributed by atoms with Crippen molar-refractivity contribution in [2.45, 2.75) is 13.5 Å². The van der Waals surface area contributed by atoms with Crippen molar-refractivity contribution in [3.63, 3.8) is 0 Å². The minimum absolute atomic E-state index is 0.591. The molecule has 0 bridgehead atoms. The average molecular weight is 319 g/mol. The van der Waals surface area contributed by atoms with Gasteiger partial charge >= 0.3 is 0 Å². The van der Waals surface area contributed by atoms with Crippen molar-refractivity contribution in [3.8, 4) is 0 Å². The zero-order valence-electron chi connectivity index (χ0n) is 10.2. The number of hydrogen-bond donors (Lipinski definition) is 1. The fourth-order valence-corrected chi connectivity index (χ4v) is 2.15. The van der Waals surface area contributed by atoms with Gasteiger partial charge in [0.15, 0.2) is 0 Å². The van der Waals surface area contributed by atoms with Gasteiger partial charge in [0, 0.05) is 22.9 Å². The lowest BCUT2D eigenvalue weighted by molar-refractivity contribution is 0.391. The Kier molecular flexibility index (Phi) is 3.16. The van der Waals surface area contributed by atoms with E-state index in [9.17, 15) is 0 Å². The maximum Gasteiger partial charge on any atom is 0.133 e. The predicted octanol–water partition coefficient (Wildman–Crippen LogP) is 3.30. The van der Waals surface area contributed by atoms with Crippen LogP contribution in [-0.4, -0.2) is 15.1 Å². The smallest absolute Gasteiger partial charge is 0.133 e. The molecule has 0 aliphatic carbocycles. The van der Waals surface area contributed by atoms with Crippen molar-refractivity contribution in [2.24, 2.45) is 0 Å². The summed E-state index contributed by atoms with van der Waals surface area (Å²) in [6, 6.07) is 5.74. The van der Waals surface area contributed by atoms with Crippen molar-refractivity contribution in [1.29, 1.82) is 0 Å². The Morgan fingerprint density at radius 3 is 3.00 bits per heavy atom. The third-order valence-corrected chi connectivity index (χ3v) is 3.11. The predicted molar refractivity (Wildman–Crippen MR) is 75.8 cm³/mol. The molecule has 3 aromatic heterocycles. The molecule has 0 saturated heterocycles. The molecule has 3 aromatic rings. The van der Waals surface area contributed by atoms with Gasteiger partial charge in [-0.25, -0.2) is 0 Å². The lowest BCUT2D eigenvalue weighted by atomic mass is 10.2. The summed E-state index contributed by atoms with van der Waals surface area (Å²) in [5.74, 6) is 0.804. The van der Waals surface area contributed by atoms with Gasteiger partial charge in [-0.3, -0.25) is 9.97 Å². The van der Waals surface area contributed by atoms with E-state index in [1.54, 1.807) is 12.4 Å². The van der Waals surface area contributed by atoms with Crippen molar-refractivity contribution in [2.75, 3.05) is 5.32 Å². The third kappa shape index (κ3) is 2.58. The molecule has 0 radical (unpaired) electrons. The molecule has 1 N–H and O–H groups in total. The Morgan fingerprint density at radius 1 is 1.32 bits per heavy atom. The van der Waals surface area contributed by atoms with E-state index < -0.39 is 0 Å². The quantitative estimate of drug-likeness (QED) is 0.802. The van der Waals surface area contributed by atoms with Crippen molar-refractivity contribution < 1.29 is 4.52 Å². The molecule has 0 atom stereocenters. The molecule has 3 rings (SSSR count). The first-order valence-corrected chi connectivity index (χ1v) is 6.58. The van der Waals surface area contributed by atoms with E-state index in [0.717, 1.165) is 32.6 Å². The van der Waals surface area contributed by atoms with Crippen molar-refractivity contribution in [1.82, 2.24) is 15.1 Å². The first-order chi connectivity index (χ1) is 9.22. The summed E-state index contributed by atoms with van der Waals surface area (Å²) < 4.78 is 5.95. The first-order valence-electron chi connectivity index (χ1n) is 5.79. The van der Waals surface area contributed by atoms with Crippen LogP contribution in [0.1, 0.15) is 11.5 Å². The van der Waals surface area contributed by atoms with E-state index in [1.807, 2.05) is 25.1 Å². The van der Waals surface area contributed by atoms with Crippen LogP contribution >= 0.6 is 15.9 Å². The van der Waals surface area contributed by atoms with E-state index in [-0.39, 0.29) is 0 Å². The molecule has 19 heavy (non-hydrogen) atoms. The largest absolute Gasteiger partial charge is 0.377 e. The van der Waals surface area contributed by atoms with Gasteiger partial charge < -0.3 is 9.84 Å². The van der Waals surface area contributed by atoms with Crippen LogP contribution in [0.5, 0.6) is 0 Å². The maximum absolute atomic E-state index is 5.03. The maximum atomic E-state index is 5.03. The van der Waals surface area contributed by atoms with Gasteiger partial charge in [0.1, 0.15) is 17.0 Å². The number of anilines is 1. The Morgan fingerprint density at radius 2 is 2.21 bits per heavy atom. The van der Waals surface area contributed by atoms with E-state index >= 15 is 0 Å². The summed E-state index contributed by atoms with van der Waals surface area (Å²) in [5.41, 5.74) is 3.47. The van der Waals surface area contributed by atoms with Crippen LogP contribution in [0, 0.1) is 6.92 Å². The van der Waals surface area contributed by atoms with Crippen molar-refractivity contribution >= 4 is 32.7 Å².